The van der Waals surface area contributed by atoms with Gasteiger partial charge in [0.25, 0.3) is 10.0 Å². The average Bonchev–Trinajstić information content (AvgIpc) is 2.65. The number of sulfonamides is 1. The maximum Gasteiger partial charge on any atom is 0.265 e. The normalized spacial score (nSPS) is 13.6. The molecule has 0 saturated carbocycles. The maximum absolute atomic E-state index is 13.0. The van der Waals surface area contributed by atoms with Gasteiger partial charge in [-0.2, -0.15) is 5.26 Å². The van der Waals surface area contributed by atoms with Crippen molar-refractivity contribution in [3.63, 3.8) is 0 Å². The Labute approximate surface area is 171 Å². The van der Waals surface area contributed by atoms with Crippen molar-refractivity contribution in [3.05, 3.63) is 65.4 Å². The molecule has 0 atom stereocenters. The first-order valence-electron chi connectivity index (χ1n) is 9.11. The molecule has 7 heteroatoms. The topological polar surface area (TPSA) is 82.4 Å². The molecule has 0 amide bonds. The van der Waals surface area contributed by atoms with Crippen LogP contribution in [0.4, 0.5) is 11.4 Å². The number of fused-ring (bicyclic) bond motifs is 1. The van der Waals surface area contributed by atoms with Crippen molar-refractivity contribution in [2.75, 3.05) is 16.7 Å². The van der Waals surface area contributed by atoms with E-state index in [1.807, 2.05) is 37.1 Å². The third kappa shape index (κ3) is 4.13. The second kappa shape index (κ2) is 7.64. The first-order valence-corrected chi connectivity index (χ1v) is 10.6. The SMILES string of the molecule is C=C1C(C)=Cc2cc(NS(=O)(=O)c3ccc(C#N)cc3OC(C)C)ccc2N1C. The predicted octanol–water partition coefficient (Wildman–Crippen LogP) is 4.51. The van der Waals surface area contributed by atoms with Crippen LogP contribution in [0.5, 0.6) is 5.75 Å². The zero-order chi connectivity index (χ0) is 21.3. The van der Waals surface area contributed by atoms with E-state index in [1.165, 1.54) is 18.2 Å². The summed E-state index contributed by atoms with van der Waals surface area (Å²) in [6.07, 6.45) is 1.74. The summed E-state index contributed by atoms with van der Waals surface area (Å²) < 4.78 is 34.3. The molecule has 1 aliphatic rings. The van der Waals surface area contributed by atoms with Gasteiger partial charge in [0.05, 0.1) is 17.7 Å². The number of allylic oxidation sites excluding steroid dienone is 1. The Kier molecular flexibility index (Phi) is 5.40. The van der Waals surface area contributed by atoms with E-state index in [2.05, 4.69) is 11.3 Å². The van der Waals surface area contributed by atoms with Crippen molar-refractivity contribution in [2.24, 2.45) is 0 Å². The lowest BCUT2D eigenvalue weighted by atomic mass is 10.0. The number of benzene rings is 2. The van der Waals surface area contributed by atoms with Crippen molar-refractivity contribution >= 4 is 27.5 Å². The summed E-state index contributed by atoms with van der Waals surface area (Å²) in [6, 6.07) is 11.6. The van der Waals surface area contributed by atoms with Crippen LogP contribution in [0.15, 0.2) is 59.1 Å². The van der Waals surface area contributed by atoms with Gasteiger partial charge in [-0.05, 0) is 68.8 Å². The fraction of sp³-hybridized carbons (Fsp3) is 0.227. The second-order valence-electron chi connectivity index (χ2n) is 7.15. The molecule has 0 saturated heterocycles. The molecule has 2 aromatic carbocycles. The summed E-state index contributed by atoms with van der Waals surface area (Å²) in [5.41, 5.74) is 4.53. The van der Waals surface area contributed by atoms with E-state index >= 15 is 0 Å². The minimum absolute atomic E-state index is 0.0138. The summed E-state index contributed by atoms with van der Waals surface area (Å²) in [5, 5.41) is 9.11. The first-order chi connectivity index (χ1) is 13.6. The van der Waals surface area contributed by atoms with E-state index in [1.54, 1.807) is 26.0 Å². The molecule has 0 radical (unpaired) electrons. The molecule has 0 aromatic heterocycles. The molecule has 29 heavy (non-hydrogen) atoms. The molecule has 0 fully saturated rings. The highest BCUT2D eigenvalue weighted by molar-refractivity contribution is 7.92. The van der Waals surface area contributed by atoms with Crippen molar-refractivity contribution in [1.29, 1.82) is 5.26 Å². The Bertz CT molecular complexity index is 1160. The number of nitrogens with one attached hydrogen (secondary N) is 1. The molecule has 0 unspecified atom stereocenters. The van der Waals surface area contributed by atoms with Crippen LogP contribution in [-0.4, -0.2) is 21.6 Å². The van der Waals surface area contributed by atoms with Crippen LogP contribution in [0.25, 0.3) is 6.08 Å². The lowest BCUT2D eigenvalue weighted by Gasteiger charge is -2.29. The van der Waals surface area contributed by atoms with Crippen LogP contribution < -0.4 is 14.4 Å². The summed E-state index contributed by atoms with van der Waals surface area (Å²) >= 11 is 0. The van der Waals surface area contributed by atoms with Gasteiger partial charge in [-0.1, -0.05) is 6.58 Å². The van der Waals surface area contributed by atoms with E-state index in [4.69, 9.17) is 10.00 Å². The molecular formula is C22H23N3O3S. The fourth-order valence-electron chi connectivity index (χ4n) is 3.12. The number of hydrogen-bond donors (Lipinski definition) is 1. The molecule has 1 aliphatic heterocycles. The number of hydrogen-bond acceptors (Lipinski definition) is 5. The van der Waals surface area contributed by atoms with E-state index in [0.29, 0.717) is 11.3 Å². The molecule has 6 nitrogen and oxygen atoms in total. The molecule has 0 bridgehead atoms. The molecule has 3 rings (SSSR count). The first kappa shape index (κ1) is 20.5. The Morgan fingerprint density at radius 2 is 1.93 bits per heavy atom. The highest BCUT2D eigenvalue weighted by Gasteiger charge is 2.23. The molecule has 150 valence electrons. The quantitative estimate of drug-likeness (QED) is 0.785. The predicted molar refractivity (Wildman–Crippen MR) is 115 cm³/mol. The van der Waals surface area contributed by atoms with Gasteiger partial charge in [0.1, 0.15) is 10.6 Å². The molecule has 0 spiro atoms. The van der Waals surface area contributed by atoms with Crippen LogP contribution >= 0.6 is 0 Å². The van der Waals surface area contributed by atoms with E-state index in [-0.39, 0.29) is 16.7 Å². The summed E-state index contributed by atoms with van der Waals surface area (Å²) in [7, 11) is -1.99. The van der Waals surface area contributed by atoms with E-state index < -0.39 is 10.0 Å². The van der Waals surface area contributed by atoms with E-state index in [0.717, 1.165) is 22.5 Å². The van der Waals surface area contributed by atoms with Crippen molar-refractivity contribution in [2.45, 2.75) is 31.8 Å². The zero-order valence-electron chi connectivity index (χ0n) is 16.9. The summed E-state index contributed by atoms with van der Waals surface area (Å²) in [4.78, 5) is 1.96. The molecule has 1 heterocycles. The number of ether oxygens (including phenoxy) is 1. The monoisotopic (exact) mass is 409 g/mol. The minimum atomic E-state index is -3.92. The Morgan fingerprint density at radius 3 is 2.59 bits per heavy atom. The van der Waals surface area contributed by atoms with Crippen LogP contribution in [-0.2, 0) is 10.0 Å². The number of rotatable bonds is 5. The molecular weight excluding hydrogens is 386 g/mol. The van der Waals surface area contributed by atoms with Crippen LogP contribution in [0.2, 0.25) is 0 Å². The van der Waals surface area contributed by atoms with Gasteiger partial charge >= 0.3 is 0 Å². The number of anilines is 2. The third-order valence-electron chi connectivity index (χ3n) is 4.60. The van der Waals surface area contributed by atoms with Gasteiger partial charge in [-0.15, -0.1) is 0 Å². The highest BCUT2D eigenvalue weighted by atomic mass is 32.2. The number of likely N-dealkylation sites (N-methyl/N-ethyl adjacent to an activating group) is 1. The number of nitriles is 1. The Balaban J connectivity index is 1.99. The van der Waals surface area contributed by atoms with Gasteiger partial charge in [0.2, 0.25) is 0 Å². The van der Waals surface area contributed by atoms with Gasteiger partial charge in [0.15, 0.2) is 0 Å². The lowest BCUT2D eigenvalue weighted by Crippen LogP contribution is -2.21. The fourth-order valence-corrected chi connectivity index (χ4v) is 4.29. The molecule has 2 aromatic rings. The van der Waals surface area contributed by atoms with Gasteiger partial charge in [0, 0.05) is 29.7 Å². The standard InChI is InChI=1S/C22H23N3O3S/c1-14(2)28-21-11-17(13-23)6-9-22(21)29(26,27)24-19-7-8-20-18(12-19)10-15(3)16(4)25(20)5/h6-12,14,24H,4H2,1-3,5H3. The van der Waals surface area contributed by atoms with Crippen molar-refractivity contribution in [1.82, 2.24) is 0 Å². The molecule has 1 N–H and O–H groups in total. The van der Waals surface area contributed by atoms with Gasteiger partial charge < -0.3 is 9.64 Å². The highest BCUT2D eigenvalue weighted by Crippen LogP contribution is 2.35. The molecule has 0 aliphatic carbocycles. The van der Waals surface area contributed by atoms with Gasteiger partial charge in [-0.3, -0.25) is 4.72 Å². The number of nitrogens with zero attached hydrogens (tertiary/aromatic N) is 2. The van der Waals surface area contributed by atoms with Crippen molar-refractivity contribution < 1.29 is 13.2 Å². The lowest BCUT2D eigenvalue weighted by molar-refractivity contribution is 0.236. The van der Waals surface area contributed by atoms with E-state index in [9.17, 15) is 8.42 Å². The summed E-state index contributed by atoms with van der Waals surface area (Å²) in [5.74, 6) is 0.149. The Hall–Kier alpha value is -3.24. The van der Waals surface area contributed by atoms with Crippen molar-refractivity contribution in [3.8, 4) is 11.8 Å². The van der Waals surface area contributed by atoms with Crippen LogP contribution in [0.1, 0.15) is 31.9 Å². The van der Waals surface area contributed by atoms with Crippen LogP contribution in [0.3, 0.4) is 0 Å². The average molecular weight is 410 g/mol. The largest absolute Gasteiger partial charge is 0.490 e. The minimum Gasteiger partial charge on any atom is -0.490 e. The zero-order valence-corrected chi connectivity index (χ0v) is 17.7. The summed E-state index contributed by atoms with van der Waals surface area (Å²) in [6.45, 7) is 9.61. The Morgan fingerprint density at radius 1 is 1.21 bits per heavy atom. The third-order valence-corrected chi connectivity index (χ3v) is 6.02. The van der Waals surface area contributed by atoms with Gasteiger partial charge in [-0.25, -0.2) is 8.42 Å². The smallest absolute Gasteiger partial charge is 0.265 e. The second-order valence-corrected chi connectivity index (χ2v) is 8.80. The van der Waals surface area contributed by atoms with Crippen LogP contribution in [0, 0.1) is 11.3 Å². The maximum atomic E-state index is 13.0.